The summed E-state index contributed by atoms with van der Waals surface area (Å²) in [6, 6.07) is 4.64. The highest BCUT2D eigenvalue weighted by molar-refractivity contribution is 6.00. The number of benzene rings is 1. The second kappa shape index (κ2) is 5.70. The van der Waals surface area contributed by atoms with Gasteiger partial charge in [-0.1, -0.05) is 30.6 Å². The fraction of sp³-hybridized carbons (Fsp3) is 0.417. The Bertz CT molecular complexity index is 382. The van der Waals surface area contributed by atoms with Gasteiger partial charge in [-0.3, -0.25) is 0 Å². The number of hydrogen-bond donors (Lipinski definition) is 1. The van der Waals surface area contributed by atoms with Gasteiger partial charge in [0.15, 0.2) is 0 Å². The van der Waals surface area contributed by atoms with Crippen LogP contribution in [0, 0.1) is 0 Å². The van der Waals surface area contributed by atoms with Crippen LogP contribution in [-0.4, -0.2) is 10.9 Å². The molecular formula is C12H14F3NO. The van der Waals surface area contributed by atoms with Crippen molar-refractivity contribution in [3.05, 3.63) is 35.4 Å². The summed E-state index contributed by atoms with van der Waals surface area (Å²) >= 11 is 0. The Hall–Kier alpha value is -1.52. The molecule has 0 bridgehead atoms. The van der Waals surface area contributed by atoms with E-state index >= 15 is 0 Å². The van der Waals surface area contributed by atoms with Crippen molar-refractivity contribution in [2.24, 2.45) is 5.16 Å². The van der Waals surface area contributed by atoms with Crippen LogP contribution in [0.15, 0.2) is 29.4 Å². The van der Waals surface area contributed by atoms with Crippen LogP contribution in [0.3, 0.4) is 0 Å². The molecule has 5 heteroatoms. The molecule has 0 aromatic heterocycles. The maximum atomic E-state index is 12.3. The molecule has 1 aromatic carbocycles. The van der Waals surface area contributed by atoms with Gasteiger partial charge >= 0.3 is 6.18 Å². The molecule has 0 aliphatic carbocycles. The van der Waals surface area contributed by atoms with E-state index in [1.165, 1.54) is 12.1 Å². The molecule has 1 aromatic rings. The Labute approximate surface area is 97.8 Å². The van der Waals surface area contributed by atoms with Gasteiger partial charge in [0, 0.05) is 0 Å². The lowest BCUT2D eigenvalue weighted by atomic mass is 10.0. The third-order valence-electron chi connectivity index (χ3n) is 2.43. The number of hydrogen-bond acceptors (Lipinski definition) is 2. The molecule has 0 unspecified atom stereocenters. The Balaban J connectivity index is 2.86. The highest BCUT2D eigenvalue weighted by Gasteiger charge is 2.30. The van der Waals surface area contributed by atoms with Crippen molar-refractivity contribution in [1.29, 1.82) is 0 Å². The summed E-state index contributed by atoms with van der Waals surface area (Å²) in [6.45, 7) is 1.99. The minimum atomic E-state index is -4.33. The highest BCUT2D eigenvalue weighted by atomic mass is 19.4. The summed E-state index contributed by atoms with van der Waals surface area (Å²) < 4.78 is 37.0. The Morgan fingerprint density at radius 3 is 2.24 bits per heavy atom. The van der Waals surface area contributed by atoms with Crippen LogP contribution < -0.4 is 0 Å². The average Bonchev–Trinajstić information content (AvgIpc) is 2.29. The minimum absolute atomic E-state index is 0.417. The zero-order chi connectivity index (χ0) is 12.9. The van der Waals surface area contributed by atoms with Gasteiger partial charge in [-0.15, -0.1) is 0 Å². The molecule has 1 N–H and O–H groups in total. The first-order valence-electron chi connectivity index (χ1n) is 5.37. The van der Waals surface area contributed by atoms with E-state index in [2.05, 4.69) is 5.16 Å². The predicted octanol–water partition coefficient (Wildman–Crippen LogP) is 4.07. The first kappa shape index (κ1) is 13.5. The van der Waals surface area contributed by atoms with Crippen molar-refractivity contribution in [2.45, 2.75) is 32.4 Å². The van der Waals surface area contributed by atoms with Crippen LogP contribution in [0.5, 0.6) is 0 Å². The van der Waals surface area contributed by atoms with Gasteiger partial charge in [-0.05, 0) is 30.5 Å². The molecule has 0 aliphatic rings. The summed E-state index contributed by atoms with van der Waals surface area (Å²) in [4.78, 5) is 0. The minimum Gasteiger partial charge on any atom is -0.411 e. The second-order valence-corrected chi connectivity index (χ2v) is 3.73. The number of oxime groups is 1. The molecule has 0 aliphatic heterocycles. The monoisotopic (exact) mass is 245 g/mol. The van der Waals surface area contributed by atoms with E-state index in [0.29, 0.717) is 17.7 Å². The van der Waals surface area contributed by atoms with Crippen LogP contribution in [0.4, 0.5) is 13.2 Å². The molecule has 0 spiro atoms. The van der Waals surface area contributed by atoms with Gasteiger partial charge < -0.3 is 5.21 Å². The van der Waals surface area contributed by atoms with E-state index in [4.69, 9.17) is 5.21 Å². The van der Waals surface area contributed by atoms with Gasteiger partial charge in [0.2, 0.25) is 0 Å². The highest BCUT2D eigenvalue weighted by Crippen LogP contribution is 2.29. The van der Waals surface area contributed by atoms with Crippen LogP contribution in [-0.2, 0) is 6.18 Å². The van der Waals surface area contributed by atoms with Crippen molar-refractivity contribution in [2.75, 3.05) is 0 Å². The molecule has 0 saturated carbocycles. The smallest absolute Gasteiger partial charge is 0.411 e. The third kappa shape index (κ3) is 3.76. The molecule has 0 atom stereocenters. The fourth-order valence-electron chi connectivity index (χ4n) is 1.45. The molecule has 0 amide bonds. The van der Waals surface area contributed by atoms with E-state index in [1.54, 1.807) is 0 Å². The third-order valence-corrected chi connectivity index (χ3v) is 2.43. The SMILES string of the molecule is CCCC/C(=N\O)c1ccc(C(F)(F)F)cc1. The number of rotatable bonds is 4. The largest absolute Gasteiger partial charge is 0.416 e. The number of halogens is 3. The molecule has 0 heterocycles. The first-order chi connectivity index (χ1) is 7.99. The lowest BCUT2D eigenvalue weighted by Crippen LogP contribution is -2.06. The Morgan fingerprint density at radius 1 is 1.24 bits per heavy atom. The van der Waals surface area contributed by atoms with Gasteiger partial charge in [-0.25, -0.2) is 0 Å². The van der Waals surface area contributed by atoms with Gasteiger partial charge in [0.1, 0.15) is 0 Å². The topological polar surface area (TPSA) is 32.6 Å². The van der Waals surface area contributed by atoms with Crippen molar-refractivity contribution in [3.63, 3.8) is 0 Å². The maximum Gasteiger partial charge on any atom is 0.416 e. The first-order valence-corrected chi connectivity index (χ1v) is 5.37. The quantitative estimate of drug-likeness (QED) is 0.484. The van der Waals surface area contributed by atoms with Gasteiger partial charge in [-0.2, -0.15) is 13.2 Å². The normalized spacial score (nSPS) is 12.8. The number of nitrogens with zero attached hydrogens (tertiary/aromatic N) is 1. The van der Waals surface area contributed by atoms with Gasteiger partial charge in [0.25, 0.3) is 0 Å². The van der Waals surface area contributed by atoms with E-state index < -0.39 is 11.7 Å². The Morgan fingerprint density at radius 2 is 1.82 bits per heavy atom. The summed E-state index contributed by atoms with van der Waals surface area (Å²) in [5, 5.41) is 11.9. The summed E-state index contributed by atoms with van der Waals surface area (Å²) in [7, 11) is 0. The van der Waals surface area contributed by atoms with Crippen LogP contribution in [0.2, 0.25) is 0 Å². The molecule has 94 valence electrons. The number of unbranched alkanes of at least 4 members (excludes halogenated alkanes) is 1. The second-order valence-electron chi connectivity index (χ2n) is 3.73. The van der Waals surface area contributed by atoms with Crippen LogP contribution in [0.1, 0.15) is 37.3 Å². The molecule has 0 saturated heterocycles. The molecule has 1 rings (SSSR count). The zero-order valence-electron chi connectivity index (χ0n) is 9.46. The molecule has 2 nitrogen and oxygen atoms in total. The van der Waals surface area contributed by atoms with Crippen molar-refractivity contribution in [3.8, 4) is 0 Å². The summed E-state index contributed by atoms with van der Waals surface area (Å²) in [6.07, 6.45) is -2.02. The van der Waals surface area contributed by atoms with Crippen molar-refractivity contribution >= 4 is 5.71 Å². The van der Waals surface area contributed by atoms with E-state index in [0.717, 1.165) is 25.0 Å². The standard InChI is InChI=1S/C12H14F3NO/c1-2-3-4-11(16-17)9-5-7-10(8-6-9)12(13,14)15/h5-8,17H,2-4H2,1H3/b16-11+. The van der Waals surface area contributed by atoms with Crippen molar-refractivity contribution < 1.29 is 18.4 Å². The maximum absolute atomic E-state index is 12.3. The lowest BCUT2D eigenvalue weighted by molar-refractivity contribution is -0.137. The predicted molar refractivity (Wildman–Crippen MR) is 59.3 cm³/mol. The molecule has 0 radical (unpaired) electrons. The van der Waals surface area contributed by atoms with Gasteiger partial charge in [0.05, 0.1) is 11.3 Å². The fourth-order valence-corrected chi connectivity index (χ4v) is 1.45. The van der Waals surface area contributed by atoms with E-state index in [-0.39, 0.29) is 0 Å². The summed E-state index contributed by atoms with van der Waals surface area (Å²) in [5.41, 5.74) is 0.239. The molecular weight excluding hydrogens is 231 g/mol. The molecule has 0 fully saturated rings. The zero-order valence-corrected chi connectivity index (χ0v) is 9.46. The lowest BCUT2D eigenvalue weighted by Gasteiger charge is -2.08. The Kier molecular flexibility index (Phi) is 4.54. The number of alkyl halides is 3. The summed E-state index contributed by atoms with van der Waals surface area (Å²) in [5.74, 6) is 0. The van der Waals surface area contributed by atoms with Crippen molar-refractivity contribution in [1.82, 2.24) is 0 Å². The average molecular weight is 245 g/mol. The van der Waals surface area contributed by atoms with E-state index in [1.807, 2.05) is 6.92 Å². The van der Waals surface area contributed by atoms with Crippen LogP contribution in [0.25, 0.3) is 0 Å². The molecule has 17 heavy (non-hydrogen) atoms. The van der Waals surface area contributed by atoms with Crippen LogP contribution >= 0.6 is 0 Å². The van der Waals surface area contributed by atoms with E-state index in [9.17, 15) is 13.2 Å².